The highest BCUT2D eigenvalue weighted by molar-refractivity contribution is 7.48. The minimum Gasteiger partial charge on any atom is -0.481 e. The average molecular weight is 604 g/mol. The fraction of sp³-hybridized carbons (Fsp3) is 0.500. The highest BCUT2D eigenvalue weighted by atomic mass is 31.2. The SMILES string of the molecule is O=COCC(C=O)(COC=O)OP(=O)(OC(COC=O)(CC(=O)O)C(=O)O)OC(CC(=O)O)(CC(=O)O)C(=O)O. The Morgan fingerprint density at radius 1 is 0.575 bits per heavy atom. The lowest BCUT2D eigenvalue weighted by Gasteiger charge is -2.37. The topological polar surface area (TPSA) is 327 Å². The molecule has 0 saturated heterocycles. The van der Waals surface area contributed by atoms with Gasteiger partial charge in [0.1, 0.15) is 19.8 Å². The molecule has 22 heteroatoms. The van der Waals surface area contributed by atoms with Crippen molar-refractivity contribution in [3.8, 4) is 0 Å². The summed E-state index contributed by atoms with van der Waals surface area (Å²) in [4.78, 5) is 102. The molecule has 0 rings (SSSR count). The number of aliphatic carboxylic acids is 5. The lowest BCUT2D eigenvalue weighted by Crippen LogP contribution is -2.51. The minimum absolute atomic E-state index is 0.338. The van der Waals surface area contributed by atoms with Gasteiger partial charge < -0.3 is 39.7 Å². The first-order valence-electron chi connectivity index (χ1n) is 9.97. The smallest absolute Gasteiger partial charge is 0.478 e. The van der Waals surface area contributed by atoms with Crippen molar-refractivity contribution in [2.75, 3.05) is 19.8 Å². The summed E-state index contributed by atoms with van der Waals surface area (Å²) in [5, 5.41) is 46.8. The number of aldehydes is 1. The van der Waals surface area contributed by atoms with Gasteiger partial charge in [0.25, 0.3) is 19.4 Å². The molecule has 224 valence electrons. The standard InChI is InChI=1S/C18H21O21P/c19-4-16(5-34-8-20,6-35-9-21)37-40(33,38-17(14(29)30,1-11(23)24)2-12(25)26)39-18(15(31)32,3-13(27)28)7-36-10-22/h4,8-10H,1-3,5-7H2,(H,23,24)(H,25,26)(H,27,28)(H,29,30)(H,31,32). The summed E-state index contributed by atoms with van der Waals surface area (Å²) in [6.07, 6.45) is -5.87. The van der Waals surface area contributed by atoms with E-state index in [-0.39, 0.29) is 12.9 Å². The van der Waals surface area contributed by atoms with Crippen LogP contribution < -0.4 is 0 Å². The van der Waals surface area contributed by atoms with Gasteiger partial charge in [0, 0.05) is 0 Å². The Kier molecular flexibility index (Phi) is 13.5. The Bertz CT molecular complexity index is 1020. The van der Waals surface area contributed by atoms with Crippen LogP contribution in [0.4, 0.5) is 0 Å². The van der Waals surface area contributed by atoms with Gasteiger partial charge in [-0.1, -0.05) is 0 Å². The van der Waals surface area contributed by atoms with Gasteiger partial charge >= 0.3 is 37.7 Å². The van der Waals surface area contributed by atoms with Gasteiger partial charge in [0.05, 0.1) is 19.3 Å². The predicted octanol–water partition coefficient (Wildman–Crippen LogP) is -2.33. The van der Waals surface area contributed by atoms with E-state index in [1.807, 2.05) is 0 Å². The van der Waals surface area contributed by atoms with Gasteiger partial charge in [-0.2, -0.15) is 0 Å². The summed E-state index contributed by atoms with van der Waals surface area (Å²) >= 11 is 0. The number of phosphoric ester groups is 1. The molecule has 0 aromatic rings. The molecule has 0 aliphatic rings. The largest absolute Gasteiger partial charge is 0.481 e. The predicted molar refractivity (Wildman–Crippen MR) is 113 cm³/mol. The summed E-state index contributed by atoms with van der Waals surface area (Å²) in [5.74, 6) is -11.1. The molecule has 0 aromatic heterocycles. The maximum Gasteiger partial charge on any atom is 0.478 e. The van der Waals surface area contributed by atoms with Crippen molar-refractivity contribution in [1.29, 1.82) is 0 Å². The summed E-state index contributed by atoms with van der Waals surface area (Å²) in [6, 6.07) is 0. The first-order valence-corrected chi connectivity index (χ1v) is 11.4. The van der Waals surface area contributed by atoms with Gasteiger partial charge in [-0.05, 0) is 0 Å². The lowest BCUT2D eigenvalue weighted by molar-refractivity contribution is -0.182. The summed E-state index contributed by atoms with van der Waals surface area (Å²) < 4.78 is 41.0. The van der Waals surface area contributed by atoms with Crippen molar-refractivity contribution < 1.29 is 101 Å². The van der Waals surface area contributed by atoms with Crippen molar-refractivity contribution >= 4 is 63.4 Å². The molecule has 21 nitrogen and oxygen atoms in total. The molecule has 0 saturated carbocycles. The molecule has 0 aliphatic carbocycles. The second-order valence-electron chi connectivity index (χ2n) is 7.44. The minimum atomic E-state index is -6.37. The third kappa shape index (κ3) is 10.4. The molecule has 0 spiro atoms. The monoisotopic (exact) mass is 604 g/mol. The van der Waals surface area contributed by atoms with Crippen LogP contribution in [0.3, 0.4) is 0 Å². The van der Waals surface area contributed by atoms with E-state index in [1.165, 1.54) is 0 Å². The molecule has 2 unspecified atom stereocenters. The van der Waals surface area contributed by atoms with Crippen LogP contribution in [-0.2, 0) is 75.5 Å². The number of carboxylic acids is 5. The first kappa shape index (κ1) is 35.5. The zero-order valence-corrected chi connectivity index (χ0v) is 20.7. The Balaban J connectivity index is 7.46. The molecule has 5 N–H and O–H groups in total. The van der Waals surface area contributed by atoms with Gasteiger partial charge in [0.2, 0.25) is 11.2 Å². The lowest BCUT2D eigenvalue weighted by atomic mass is 9.96. The van der Waals surface area contributed by atoms with Crippen molar-refractivity contribution in [2.24, 2.45) is 0 Å². The van der Waals surface area contributed by atoms with Crippen molar-refractivity contribution in [1.82, 2.24) is 0 Å². The van der Waals surface area contributed by atoms with Crippen LogP contribution in [0.5, 0.6) is 0 Å². The van der Waals surface area contributed by atoms with Gasteiger partial charge in [-0.3, -0.25) is 47.1 Å². The fourth-order valence-corrected chi connectivity index (χ4v) is 4.71. The molecule has 0 aliphatic heterocycles. The second kappa shape index (κ2) is 15.2. The number of hydrogen-bond acceptors (Lipinski definition) is 16. The number of rotatable bonds is 24. The van der Waals surface area contributed by atoms with Crippen LogP contribution in [0, 0.1) is 0 Å². The van der Waals surface area contributed by atoms with Crippen molar-refractivity contribution in [3.05, 3.63) is 0 Å². The zero-order valence-electron chi connectivity index (χ0n) is 19.8. The van der Waals surface area contributed by atoms with Crippen LogP contribution in [0.15, 0.2) is 0 Å². The number of hydrogen-bond donors (Lipinski definition) is 5. The van der Waals surface area contributed by atoms with E-state index in [1.54, 1.807) is 0 Å². The number of carbonyl (C=O) groups excluding carboxylic acids is 4. The molecule has 0 amide bonds. The van der Waals surface area contributed by atoms with E-state index >= 15 is 0 Å². The highest BCUT2D eigenvalue weighted by Gasteiger charge is 2.59. The number of carbonyl (C=O) groups is 9. The van der Waals surface area contributed by atoms with E-state index in [9.17, 15) is 63.0 Å². The Hall–Kier alpha value is -4.46. The molecular formula is C18H21O21P. The zero-order chi connectivity index (χ0) is 31.2. The Morgan fingerprint density at radius 2 is 0.925 bits per heavy atom. The van der Waals surface area contributed by atoms with Crippen LogP contribution in [0.2, 0.25) is 0 Å². The average Bonchev–Trinajstić information content (AvgIpc) is 2.82. The summed E-state index contributed by atoms with van der Waals surface area (Å²) in [7, 11) is -6.37. The Labute approximate surface area is 221 Å². The number of phosphoric acid groups is 1. The van der Waals surface area contributed by atoms with Crippen LogP contribution >= 0.6 is 7.82 Å². The quantitative estimate of drug-likeness (QED) is 0.0438. The first-order chi connectivity index (χ1) is 18.5. The normalized spacial score (nSPS) is 14.3. The molecule has 2 atom stereocenters. The fourth-order valence-electron chi connectivity index (χ4n) is 2.75. The molecule has 0 bridgehead atoms. The molecular weight excluding hydrogens is 583 g/mol. The molecule has 40 heavy (non-hydrogen) atoms. The third-order valence-electron chi connectivity index (χ3n) is 4.35. The van der Waals surface area contributed by atoms with Crippen molar-refractivity contribution in [3.63, 3.8) is 0 Å². The third-order valence-corrected chi connectivity index (χ3v) is 6.08. The second-order valence-corrected chi connectivity index (χ2v) is 8.88. The maximum absolute atomic E-state index is 13.9. The summed E-state index contributed by atoms with van der Waals surface area (Å²) in [6.45, 7) is -5.47. The van der Waals surface area contributed by atoms with Crippen molar-refractivity contribution in [2.45, 2.75) is 36.1 Å². The van der Waals surface area contributed by atoms with Gasteiger partial charge in [-0.25, -0.2) is 14.2 Å². The van der Waals surface area contributed by atoms with E-state index in [4.69, 9.17) is 23.8 Å². The number of carboxylic acid groups (broad SMARTS) is 5. The van der Waals surface area contributed by atoms with Crippen LogP contribution in [0.1, 0.15) is 19.3 Å². The van der Waals surface area contributed by atoms with Crippen LogP contribution in [0.25, 0.3) is 0 Å². The van der Waals surface area contributed by atoms with Gasteiger partial charge in [0.15, 0.2) is 11.9 Å². The highest BCUT2D eigenvalue weighted by Crippen LogP contribution is 2.59. The maximum atomic E-state index is 13.9. The summed E-state index contributed by atoms with van der Waals surface area (Å²) in [5.41, 5.74) is -10.2. The van der Waals surface area contributed by atoms with E-state index < -0.39 is 106 Å². The van der Waals surface area contributed by atoms with Crippen LogP contribution in [-0.4, -0.2) is 118 Å². The molecule has 0 fully saturated rings. The Morgan fingerprint density at radius 3 is 1.25 bits per heavy atom. The van der Waals surface area contributed by atoms with Gasteiger partial charge in [-0.15, -0.1) is 0 Å². The molecule has 0 heterocycles. The van der Waals surface area contributed by atoms with E-state index in [0.29, 0.717) is 0 Å². The number of ether oxygens (including phenoxy) is 3. The molecule has 0 radical (unpaired) electrons. The van der Waals surface area contributed by atoms with E-state index in [2.05, 4.69) is 14.2 Å². The van der Waals surface area contributed by atoms with E-state index in [0.717, 1.165) is 0 Å². The molecule has 0 aromatic carbocycles.